The third kappa shape index (κ3) is 5.62. The first-order valence-corrected chi connectivity index (χ1v) is 14.6. The molecule has 2 saturated heterocycles. The molecular formula is C32H37N7O3. The molecule has 10 nitrogen and oxygen atoms in total. The first kappa shape index (κ1) is 27.9. The van der Waals surface area contributed by atoms with Gasteiger partial charge in [-0.25, -0.2) is 6.57 Å². The summed E-state index contributed by atoms with van der Waals surface area (Å²) in [5.74, 6) is 0.700. The molecule has 2 aromatic carbocycles. The van der Waals surface area contributed by atoms with E-state index in [2.05, 4.69) is 68.6 Å². The number of ether oxygens (including phenoxy) is 2. The Morgan fingerprint density at radius 3 is 2.83 bits per heavy atom. The van der Waals surface area contributed by atoms with E-state index in [1.807, 2.05) is 7.05 Å². The Bertz CT molecular complexity index is 1500. The van der Waals surface area contributed by atoms with E-state index in [-0.39, 0.29) is 24.7 Å². The monoisotopic (exact) mass is 567 g/mol. The second-order valence-corrected chi connectivity index (χ2v) is 11.1. The number of piperazine rings is 1. The van der Waals surface area contributed by atoms with Gasteiger partial charge in [0.05, 0.1) is 18.8 Å². The van der Waals surface area contributed by atoms with Gasteiger partial charge in [0, 0.05) is 49.4 Å². The lowest BCUT2D eigenvalue weighted by Crippen LogP contribution is -2.56. The molecule has 0 radical (unpaired) electrons. The molecule has 4 heterocycles. The van der Waals surface area contributed by atoms with E-state index < -0.39 is 0 Å². The molecule has 218 valence electrons. The standard InChI is InChI=1S/C32H37N7O3/c1-4-29(40)39-17-16-38(20-24(39)19-33-2)31-26-13-15-37(28-12-7-10-23-9-5-6-11-25(23)28)21-27(26)34-32(35-31)42-22-30-36(3)14-8-18-41-30/h4-7,9-12,24,30H,1,8,13-22H2,3H3/t24?,30-/m0/s1. The molecule has 2 atom stereocenters. The molecule has 0 saturated carbocycles. The van der Waals surface area contributed by atoms with Crippen LogP contribution >= 0.6 is 0 Å². The number of nitrogens with zero attached hydrogens (tertiary/aromatic N) is 7. The summed E-state index contributed by atoms with van der Waals surface area (Å²) in [5.41, 5.74) is 3.24. The van der Waals surface area contributed by atoms with E-state index in [0.29, 0.717) is 45.4 Å². The largest absolute Gasteiger partial charge is 0.459 e. The predicted molar refractivity (Wildman–Crippen MR) is 163 cm³/mol. The Hall–Kier alpha value is -4.20. The van der Waals surface area contributed by atoms with Crippen LogP contribution in [0.3, 0.4) is 0 Å². The molecule has 0 bridgehead atoms. The minimum Gasteiger partial charge on any atom is -0.459 e. The van der Waals surface area contributed by atoms with Gasteiger partial charge in [-0.3, -0.25) is 9.69 Å². The van der Waals surface area contributed by atoms with Crippen LogP contribution in [-0.4, -0.2) is 97.5 Å². The second kappa shape index (κ2) is 12.3. The Kier molecular flexibility index (Phi) is 8.22. The van der Waals surface area contributed by atoms with Crippen LogP contribution in [0.25, 0.3) is 15.6 Å². The summed E-state index contributed by atoms with van der Waals surface area (Å²) in [4.78, 5) is 34.5. The summed E-state index contributed by atoms with van der Waals surface area (Å²) in [5, 5.41) is 2.43. The first-order chi connectivity index (χ1) is 20.6. The van der Waals surface area contributed by atoms with Crippen LogP contribution in [0.2, 0.25) is 0 Å². The van der Waals surface area contributed by atoms with Crippen molar-refractivity contribution in [1.82, 2.24) is 19.8 Å². The van der Waals surface area contributed by atoms with E-state index in [9.17, 15) is 4.79 Å². The van der Waals surface area contributed by atoms with Gasteiger partial charge in [0.1, 0.15) is 24.7 Å². The van der Waals surface area contributed by atoms with Crippen molar-refractivity contribution in [2.45, 2.75) is 31.7 Å². The van der Waals surface area contributed by atoms with Crippen molar-refractivity contribution in [3.63, 3.8) is 0 Å². The van der Waals surface area contributed by atoms with Gasteiger partial charge in [-0.05, 0) is 37.4 Å². The third-order valence-electron chi connectivity index (χ3n) is 8.48. The highest BCUT2D eigenvalue weighted by atomic mass is 16.6. The number of likely N-dealkylation sites (N-methyl/N-ethyl adjacent to an activating group) is 1. The van der Waals surface area contributed by atoms with E-state index in [0.717, 1.165) is 43.0 Å². The van der Waals surface area contributed by atoms with Crippen molar-refractivity contribution in [3.8, 4) is 6.01 Å². The molecule has 3 aliphatic rings. The molecule has 0 spiro atoms. The van der Waals surface area contributed by atoms with Crippen LogP contribution in [0.5, 0.6) is 6.01 Å². The summed E-state index contributed by atoms with van der Waals surface area (Å²) in [6, 6.07) is 15.0. The molecule has 0 aliphatic carbocycles. The van der Waals surface area contributed by atoms with Crippen LogP contribution in [0.4, 0.5) is 11.5 Å². The topological polar surface area (TPSA) is 78.6 Å². The van der Waals surface area contributed by atoms with Gasteiger partial charge in [0.25, 0.3) is 0 Å². The number of fused-ring (bicyclic) bond motifs is 2. The number of carbonyl (C=O) groups is 1. The van der Waals surface area contributed by atoms with Crippen molar-refractivity contribution < 1.29 is 14.3 Å². The lowest BCUT2D eigenvalue weighted by molar-refractivity contribution is -0.128. The zero-order chi connectivity index (χ0) is 29.1. The maximum Gasteiger partial charge on any atom is 0.318 e. The number of rotatable bonds is 7. The second-order valence-electron chi connectivity index (χ2n) is 11.1. The van der Waals surface area contributed by atoms with Crippen LogP contribution in [0.1, 0.15) is 17.7 Å². The summed E-state index contributed by atoms with van der Waals surface area (Å²) in [6.45, 7) is 16.5. The summed E-state index contributed by atoms with van der Waals surface area (Å²) in [6.07, 6.45) is 2.97. The third-order valence-corrected chi connectivity index (χ3v) is 8.48. The average Bonchev–Trinajstić information content (AvgIpc) is 3.03. The highest BCUT2D eigenvalue weighted by Gasteiger charge is 2.35. The van der Waals surface area contributed by atoms with Crippen LogP contribution in [-0.2, 0) is 22.5 Å². The Balaban J connectivity index is 1.32. The van der Waals surface area contributed by atoms with E-state index in [1.165, 1.54) is 22.5 Å². The van der Waals surface area contributed by atoms with Gasteiger partial charge in [0.15, 0.2) is 0 Å². The number of amides is 1. The fourth-order valence-electron chi connectivity index (χ4n) is 6.25. The van der Waals surface area contributed by atoms with Crippen molar-refractivity contribution in [3.05, 3.63) is 77.8 Å². The summed E-state index contributed by atoms with van der Waals surface area (Å²) in [7, 11) is 2.04. The number of benzene rings is 2. The van der Waals surface area contributed by atoms with E-state index in [1.54, 1.807) is 4.90 Å². The quantitative estimate of drug-likeness (QED) is 0.318. The van der Waals surface area contributed by atoms with Crippen LogP contribution < -0.4 is 14.5 Å². The lowest BCUT2D eigenvalue weighted by Gasteiger charge is -2.41. The molecule has 2 fully saturated rings. The predicted octanol–water partition coefficient (Wildman–Crippen LogP) is 3.37. The minimum absolute atomic E-state index is 0.139. The Labute approximate surface area is 247 Å². The fraction of sp³-hybridized carbons (Fsp3) is 0.438. The molecule has 3 aliphatic heterocycles. The number of anilines is 2. The van der Waals surface area contributed by atoms with E-state index in [4.69, 9.17) is 26.0 Å². The maximum atomic E-state index is 12.5. The molecule has 42 heavy (non-hydrogen) atoms. The zero-order valence-corrected chi connectivity index (χ0v) is 24.1. The summed E-state index contributed by atoms with van der Waals surface area (Å²) < 4.78 is 12.1. The molecule has 1 amide bonds. The van der Waals surface area contributed by atoms with Gasteiger partial charge in [0.2, 0.25) is 12.5 Å². The highest BCUT2D eigenvalue weighted by molar-refractivity contribution is 5.94. The Morgan fingerprint density at radius 2 is 2.00 bits per heavy atom. The molecule has 10 heteroatoms. The van der Waals surface area contributed by atoms with Gasteiger partial charge in [-0.2, -0.15) is 9.97 Å². The molecule has 1 unspecified atom stereocenters. The maximum absolute atomic E-state index is 12.5. The van der Waals surface area contributed by atoms with Crippen molar-refractivity contribution >= 4 is 28.2 Å². The molecule has 6 rings (SSSR count). The molecule has 3 aromatic rings. The smallest absolute Gasteiger partial charge is 0.318 e. The average molecular weight is 568 g/mol. The van der Waals surface area contributed by atoms with Crippen LogP contribution in [0, 0.1) is 6.57 Å². The SMILES string of the molecule is [C-]#[N+]CC1CN(c2nc(OC[C@@H]3OCCCN3C)nc3c2CCN(c2cccc4ccccc24)C3)CCN1C(=O)C=C. The Morgan fingerprint density at radius 1 is 1.14 bits per heavy atom. The minimum atomic E-state index is -0.239. The normalized spacial score (nSPS) is 21.1. The lowest BCUT2D eigenvalue weighted by atomic mass is 10.0. The van der Waals surface area contributed by atoms with Gasteiger partial charge in [-0.1, -0.05) is 43.0 Å². The van der Waals surface area contributed by atoms with Gasteiger partial charge in [-0.15, -0.1) is 0 Å². The number of carbonyl (C=O) groups excluding carboxylic acids is 1. The van der Waals surface area contributed by atoms with Crippen molar-refractivity contribution in [2.75, 3.05) is 69.3 Å². The number of hydrogen-bond acceptors (Lipinski definition) is 8. The zero-order valence-electron chi connectivity index (χ0n) is 24.1. The molecule has 1 aromatic heterocycles. The van der Waals surface area contributed by atoms with Crippen molar-refractivity contribution in [1.29, 1.82) is 0 Å². The molecule has 0 N–H and O–H groups in total. The van der Waals surface area contributed by atoms with Crippen LogP contribution in [0.15, 0.2) is 55.1 Å². The van der Waals surface area contributed by atoms with E-state index >= 15 is 0 Å². The van der Waals surface area contributed by atoms with Gasteiger partial charge < -0.3 is 29.0 Å². The van der Waals surface area contributed by atoms with Gasteiger partial charge >= 0.3 is 6.01 Å². The van der Waals surface area contributed by atoms with Crippen molar-refractivity contribution in [2.24, 2.45) is 0 Å². The number of aromatic nitrogens is 2. The highest BCUT2D eigenvalue weighted by Crippen LogP contribution is 2.34. The number of hydrogen-bond donors (Lipinski definition) is 0. The first-order valence-electron chi connectivity index (χ1n) is 14.6. The fourth-order valence-corrected chi connectivity index (χ4v) is 6.25. The molecular weight excluding hydrogens is 530 g/mol. The summed E-state index contributed by atoms with van der Waals surface area (Å²) >= 11 is 0.